The quantitative estimate of drug-likeness (QED) is 0.0288. The zero-order chi connectivity index (χ0) is 82.3. The fourth-order valence-corrected chi connectivity index (χ4v) is 21.3. The van der Waals surface area contributed by atoms with Gasteiger partial charge < -0.3 is 193 Å². The highest BCUT2D eigenvalue weighted by atomic mass is 16.8. The van der Waals surface area contributed by atoms with E-state index in [0.29, 0.717) is 32.1 Å². The number of allylic oxidation sites excluding steroid dienone is 2. The summed E-state index contributed by atoms with van der Waals surface area (Å²) >= 11 is 0. The van der Waals surface area contributed by atoms with Gasteiger partial charge in [-0.05, 0) is 97.7 Å². The molecule has 12 fully saturated rings. The maximum absolute atomic E-state index is 15.9. The topological polar surface area (TPSA) is 630 Å². The molecule has 8 heterocycles. The molecule has 44 atom stereocenters. The van der Waals surface area contributed by atoms with Crippen molar-refractivity contribution in [3.8, 4) is 0 Å². The SMILES string of the molecule is CC1OC(OC2C(OC(=O)C34CCC(C)(C)CC3C3=CCC5C6(C)CC(O)C(OC7OC(CO)C(O)C(OC8OCC(O)C(O)C8O)C7O)C(C)(CO)C6CCC5(C)C3(C)CC4O)OCC(O)C2O)C(O)C(OC2OCC(O)(CO)C2O)C1OC1OCC(O)C(OC2OCC(O)(CO)C2OC2OC(CO)C(O)C(O)C2O)C1O. The Kier molecular flexibility index (Phi) is 26.0. The van der Waals surface area contributed by atoms with Crippen LogP contribution in [0.1, 0.15) is 99.8 Å². The van der Waals surface area contributed by atoms with Crippen LogP contribution >= 0.6 is 0 Å². The molecule has 23 N–H and O–H groups in total. The second-order valence-corrected chi connectivity index (χ2v) is 35.6. The van der Waals surface area contributed by atoms with Crippen LogP contribution in [-0.2, 0) is 80.6 Å². The second-order valence-electron chi connectivity index (χ2n) is 35.6. The van der Waals surface area contributed by atoms with Gasteiger partial charge in [-0.3, -0.25) is 4.79 Å². The first-order chi connectivity index (χ1) is 53.1. The molecule has 40 nitrogen and oxygen atoms in total. The average Bonchev–Trinajstić information content (AvgIpc) is 0.926. The third-order valence-corrected chi connectivity index (χ3v) is 28.2. The molecule has 0 bridgehead atoms. The van der Waals surface area contributed by atoms with Gasteiger partial charge in [0.15, 0.2) is 50.1 Å². The molecule has 40 heteroatoms. The van der Waals surface area contributed by atoms with E-state index in [0.717, 1.165) is 5.57 Å². The highest BCUT2D eigenvalue weighted by Gasteiger charge is 2.74. The number of esters is 1. The number of rotatable bonds is 21. The monoisotopic (exact) mass is 1630 g/mol. The summed E-state index contributed by atoms with van der Waals surface area (Å²) in [6.45, 7) is 6.01. The van der Waals surface area contributed by atoms with E-state index in [1.165, 1.54) is 6.92 Å². The van der Waals surface area contributed by atoms with Crippen LogP contribution in [0.2, 0.25) is 0 Å². The number of hydrogen-bond donors (Lipinski definition) is 23. The molecule has 113 heavy (non-hydrogen) atoms. The van der Waals surface area contributed by atoms with E-state index in [-0.39, 0.29) is 25.2 Å². The van der Waals surface area contributed by atoms with E-state index in [1.807, 2.05) is 0 Å². The van der Waals surface area contributed by atoms with Crippen LogP contribution in [0.5, 0.6) is 0 Å². The third kappa shape index (κ3) is 15.2. The summed E-state index contributed by atoms with van der Waals surface area (Å²) in [6.07, 6.45) is -55.9. The zero-order valence-corrected chi connectivity index (χ0v) is 63.9. The Bertz CT molecular complexity index is 3280. The molecule has 0 aromatic rings. The van der Waals surface area contributed by atoms with Crippen LogP contribution in [-0.4, -0.2) is 410 Å². The number of fused-ring (bicyclic) bond motifs is 7. The minimum atomic E-state index is -2.35. The predicted molar refractivity (Wildman–Crippen MR) is 366 cm³/mol. The lowest BCUT2D eigenvalue weighted by Crippen LogP contribution is -2.71. The van der Waals surface area contributed by atoms with E-state index in [1.54, 1.807) is 6.92 Å². The van der Waals surface area contributed by atoms with Crippen molar-refractivity contribution in [2.75, 3.05) is 66.1 Å². The second kappa shape index (κ2) is 33.2. The van der Waals surface area contributed by atoms with Crippen LogP contribution in [0, 0.1) is 50.2 Å². The van der Waals surface area contributed by atoms with Gasteiger partial charge in [0.05, 0.1) is 90.5 Å². The summed E-state index contributed by atoms with van der Waals surface area (Å²) in [5.74, 6) is -2.33. The molecule has 8 aliphatic heterocycles. The van der Waals surface area contributed by atoms with Gasteiger partial charge in [0.2, 0.25) is 6.29 Å². The molecule has 0 spiro atoms. The van der Waals surface area contributed by atoms with Gasteiger partial charge in [0.25, 0.3) is 0 Å². The van der Waals surface area contributed by atoms with E-state index in [4.69, 9.17) is 75.8 Å². The van der Waals surface area contributed by atoms with Crippen molar-refractivity contribution < 1.29 is 198 Å². The molecular weight excluding hydrogens is 1520 g/mol. The highest BCUT2D eigenvalue weighted by Crippen LogP contribution is 2.76. The summed E-state index contributed by atoms with van der Waals surface area (Å²) < 4.78 is 95.5. The molecule has 13 rings (SSSR count). The Morgan fingerprint density at radius 1 is 0.451 bits per heavy atom. The molecule has 5 aliphatic carbocycles. The molecule has 650 valence electrons. The van der Waals surface area contributed by atoms with E-state index in [2.05, 4.69) is 40.7 Å². The van der Waals surface area contributed by atoms with E-state index < -0.39 is 337 Å². The molecule has 0 aromatic carbocycles. The zero-order valence-electron chi connectivity index (χ0n) is 63.9. The van der Waals surface area contributed by atoms with Gasteiger partial charge in [-0.2, -0.15) is 0 Å². The molecule has 0 amide bonds. The Hall–Kier alpha value is -2.31. The minimum absolute atomic E-state index is 0.0161. The van der Waals surface area contributed by atoms with Gasteiger partial charge in [-0.15, -0.1) is 0 Å². The summed E-state index contributed by atoms with van der Waals surface area (Å²) in [4.78, 5) is 15.9. The van der Waals surface area contributed by atoms with Crippen molar-refractivity contribution in [1.82, 2.24) is 0 Å². The lowest BCUT2D eigenvalue weighted by Gasteiger charge is -2.72. The van der Waals surface area contributed by atoms with Crippen molar-refractivity contribution in [3.63, 3.8) is 0 Å². The number of carbonyl (C=O) groups is 1. The number of aliphatic hydroxyl groups is 23. The fourth-order valence-electron chi connectivity index (χ4n) is 21.3. The van der Waals surface area contributed by atoms with Crippen LogP contribution in [0.15, 0.2) is 11.6 Å². The maximum atomic E-state index is 15.9. The van der Waals surface area contributed by atoms with Gasteiger partial charge in [-0.1, -0.05) is 53.2 Å². The molecule has 13 aliphatic rings. The molecule has 44 unspecified atom stereocenters. The fraction of sp³-hybridized carbons (Fsp3) is 0.959. The lowest BCUT2D eigenvalue weighted by atomic mass is 9.33. The lowest BCUT2D eigenvalue weighted by molar-refractivity contribution is -0.385. The highest BCUT2D eigenvalue weighted by molar-refractivity contribution is 5.80. The van der Waals surface area contributed by atoms with Crippen LogP contribution < -0.4 is 0 Å². The van der Waals surface area contributed by atoms with Crippen molar-refractivity contribution in [1.29, 1.82) is 0 Å². The summed E-state index contributed by atoms with van der Waals surface area (Å²) in [5, 5.41) is 257. The van der Waals surface area contributed by atoms with E-state index in [9.17, 15) is 117 Å². The Balaban J connectivity index is 0.729. The molecule has 0 aromatic heterocycles. The first kappa shape index (κ1) is 88.5. The average molecular weight is 1640 g/mol. The maximum Gasteiger partial charge on any atom is 0.317 e. The summed E-state index contributed by atoms with van der Waals surface area (Å²) in [6, 6.07) is 0. The van der Waals surface area contributed by atoms with Gasteiger partial charge in [-0.25, -0.2) is 0 Å². The number of carbonyl (C=O) groups excluding carboxylic acids is 1. The minimum Gasteiger partial charge on any atom is -0.432 e. The van der Waals surface area contributed by atoms with Crippen LogP contribution in [0.4, 0.5) is 0 Å². The largest absolute Gasteiger partial charge is 0.432 e. The molecule has 0 radical (unpaired) electrons. The van der Waals surface area contributed by atoms with E-state index >= 15 is 4.79 Å². The third-order valence-electron chi connectivity index (χ3n) is 28.2. The Morgan fingerprint density at radius 2 is 0.982 bits per heavy atom. The molecule has 8 saturated heterocycles. The van der Waals surface area contributed by atoms with Gasteiger partial charge in [0, 0.05) is 5.41 Å². The summed E-state index contributed by atoms with van der Waals surface area (Å²) in [7, 11) is 0. The number of aliphatic hydroxyl groups excluding tert-OH is 21. The predicted octanol–water partition coefficient (Wildman–Crippen LogP) is -9.60. The number of ether oxygens (including phenoxy) is 16. The number of hydrogen-bond acceptors (Lipinski definition) is 40. The van der Waals surface area contributed by atoms with Crippen LogP contribution in [0.3, 0.4) is 0 Å². The normalized spacial score (nSPS) is 55.3. The van der Waals surface area contributed by atoms with Crippen molar-refractivity contribution in [3.05, 3.63) is 11.6 Å². The van der Waals surface area contributed by atoms with Crippen molar-refractivity contribution in [2.24, 2.45) is 50.2 Å². The molecule has 4 saturated carbocycles. The summed E-state index contributed by atoms with van der Waals surface area (Å²) in [5.41, 5.74) is -9.53. The van der Waals surface area contributed by atoms with Gasteiger partial charge in [0.1, 0.15) is 145 Å². The first-order valence-electron chi connectivity index (χ1n) is 39.0. The van der Waals surface area contributed by atoms with Gasteiger partial charge >= 0.3 is 5.97 Å². The Labute approximate surface area is 649 Å². The first-order valence-corrected chi connectivity index (χ1v) is 39.0. The standard InChI is InChI=1S/C73H118O40/c1-27-49(106-58-46(91)50(33(82)21-99-58)107-64-56(72(97,24-78)26-102-64)112-59-45(90)43(88)41(86)34(17-74)104-59)52(109-63-54(94)71(96,23-77)25-101-63)48(93)60(103-27)110-53-40(85)32(81)20-100-62(53)113-65(95)73-13-12-66(2,3)14-29(73)28-8-9-37-67(4)15-30(79)55(68(5,22-76)36(67)10-11-69(37,6)70(28,7)16-38(73)83)111-61-47(92)51(42(87)35(18-75)105-61)108-57-44(89)39(84)31(80)19-98-57/h8,27,29-64,74-94,96-97H,9-26H2,1-7H3. The Morgan fingerprint density at radius 3 is 1.63 bits per heavy atom. The van der Waals surface area contributed by atoms with Crippen LogP contribution in [0.25, 0.3) is 0 Å². The van der Waals surface area contributed by atoms with Crippen molar-refractivity contribution >= 4 is 5.97 Å². The molecular formula is C73H118O40. The van der Waals surface area contributed by atoms with Crippen molar-refractivity contribution in [2.45, 2.75) is 320 Å². The smallest absolute Gasteiger partial charge is 0.317 e.